The predicted octanol–water partition coefficient (Wildman–Crippen LogP) is 4.56. The summed E-state index contributed by atoms with van der Waals surface area (Å²) in [6.45, 7) is 0. The minimum atomic E-state index is -3.36. The maximum absolute atomic E-state index is 13.1. The highest BCUT2D eigenvalue weighted by atomic mass is 32.2. The number of carbonyl (C=O) groups excluding carboxylic acids is 1. The van der Waals surface area contributed by atoms with Crippen molar-refractivity contribution in [1.82, 2.24) is 4.98 Å². The van der Waals surface area contributed by atoms with Crippen LogP contribution in [0.5, 0.6) is 0 Å². The molecule has 29 heavy (non-hydrogen) atoms. The fourth-order valence-electron chi connectivity index (χ4n) is 3.12. The molecule has 0 aliphatic rings. The Balaban J connectivity index is 1.78. The van der Waals surface area contributed by atoms with Crippen LogP contribution in [0.3, 0.4) is 0 Å². The van der Waals surface area contributed by atoms with Crippen molar-refractivity contribution < 1.29 is 13.2 Å². The van der Waals surface area contributed by atoms with E-state index in [-0.39, 0.29) is 10.8 Å². The molecule has 0 radical (unpaired) electrons. The van der Waals surface area contributed by atoms with E-state index in [0.717, 1.165) is 17.2 Å². The highest BCUT2D eigenvalue weighted by Crippen LogP contribution is 2.26. The molecule has 0 bridgehead atoms. The molecule has 3 aromatic carbocycles. The van der Waals surface area contributed by atoms with Gasteiger partial charge in [-0.1, -0.05) is 54.6 Å². The lowest BCUT2D eigenvalue weighted by Crippen LogP contribution is -2.13. The van der Waals surface area contributed by atoms with Gasteiger partial charge in [-0.3, -0.25) is 4.79 Å². The van der Waals surface area contributed by atoms with Gasteiger partial charge in [-0.05, 0) is 30.3 Å². The van der Waals surface area contributed by atoms with E-state index in [1.165, 1.54) is 12.1 Å². The number of aromatic nitrogens is 1. The van der Waals surface area contributed by atoms with Crippen molar-refractivity contribution >= 4 is 32.3 Å². The summed E-state index contributed by atoms with van der Waals surface area (Å²) in [5.74, 6) is -0.327. The molecule has 1 amide bonds. The van der Waals surface area contributed by atoms with Crippen molar-refractivity contribution in [3.63, 3.8) is 0 Å². The number of pyridine rings is 1. The van der Waals surface area contributed by atoms with Crippen molar-refractivity contribution in [3.8, 4) is 11.3 Å². The van der Waals surface area contributed by atoms with Crippen molar-refractivity contribution in [1.29, 1.82) is 0 Å². The van der Waals surface area contributed by atoms with E-state index < -0.39 is 9.84 Å². The van der Waals surface area contributed by atoms with Gasteiger partial charge < -0.3 is 5.32 Å². The first-order chi connectivity index (χ1) is 13.9. The van der Waals surface area contributed by atoms with Crippen molar-refractivity contribution in [3.05, 3.63) is 90.5 Å². The van der Waals surface area contributed by atoms with Gasteiger partial charge in [0, 0.05) is 22.9 Å². The Hall–Kier alpha value is -3.51. The lowest BCUT2D eigenvalue weighted by atomic mass is 10.0. The number of benzene rings is 3. The van der Waals surface area contributed by atoms with E-state index in [4.69, 9.17) is 0 Å². The molecule has 0 saturated heterocycles. The number of fused-ring (bicyclic) bond motifs is 1. The van der Waals surface area contributed by atoms with E-state index in [0.29, 0.717) is 22.5 Å². The first-order valence-corrected chi connectivity index (χ1v) is 10.9. The van der Waals surface area contributed by atoms with E-state index >= 15 is 0 Å². The summed E-state index contributed by atoms with van der Waals surface area (Å²) in [5, 5.41) is 3.54. The average Bonchev–Trinajstić information content (AvgIpc) is 2.73. The van der Waals surface area contributed by atoms with Gasteiger partial charge >= 0.3 is 0 Å². The molecule has 1 heterocycles. The Labute approximate surface area is 169 Å². The quantitative estimate of drug-likeness (QED) is 0.543. The van der Waals surface area contributed by atoms with Crippen LogP contribution >= 0.6 is 0 Å². The zero-order valence-electron chi connectivity index (χ0n) is 15.7. The standard InChI is InChI=1S/C23H18N2O3S/c1-29(27,28)18-11-7-10-17(14-18)24-23(26)20-15-22(16-8-3-2-4-9-16)25-21-13-6-5-12-19(20)21/h2-15H,1H3,(H,24,26). The van der Waals surface area contributed by atoms with Gasteiger partial charge in [0.2, 0.25) is 0 Å². The topological polar surface area (TPSA) is 76.1 Å². The maximum Gasteiger partial charge on any atom is 0.256 e. The average molecular weight is 402 g/mol. The summed E-state index contributed by atoms with van der Waals surface area (Å²) in [6.07, 6.45) is 1.14. The van der Waals surface area contributed by atoms with E-state index in [1.54, 1.807) is 18.2 Å². The lowest BCUT2D eigenvalue weighted by Gasteiger charge is -2.11. The molecule has 0 aliphatic carbocycles. The molecule has 0 unspecified atom stereocenters. The fourth-order valence-corrected chi connectivity index (χ4v) is 3.79. The number of anilines is 1. The number of carbonyl (C=O) groups is 1. The molecule has 1 aromatic heterocycles. The van der Waals surface area contributed by atoms with E-state index in [2.05, 4.69) is 10.3 Å². The number of rotatable bonds is 4. The molecule has 0 aliphatic heterocycles. The van der Waals surface area contributed by atoms with Gasteiger partial charge in [-0.15, -0.1) is 0 Å². The smallest absolute Gasteiger partial charge is 0.256 e. The van der Waals surface area contributed by atoms with Crippen LogP contribution < -0.4 is 5.32 Å². The summed E-state index contributed by atoms with van der Waals surface area (Å²) in [5.41, 5.74) is 3.20. The minimum absolute atomic E-state index is 0.153. The first kappa shape index (κ1) is 18.8. The predicted molar refractivity (Wildman–Crippen MR) is 115 cm³/mol. The normalized spacial score (nSPS) is 11.3. The van der Waals surface area contributed by atoms with Crippen molar-refractivity contribution in [2.75, 3.05) is 11.6 Å². The third-order valence-electron chi connectivity index (χ3n) is 4.55. The second kappa shape index (κ2) is 7.48. The van der Waals surface area contributed by atoms with Gasteiger partial charge in [0.25, 0.3) is 5.91 Å². The Morgan fingerprint density at radius 2 is 1.59 bits per heavy atom. The van der Waals surface area contributed by atoms with Crippen LogP contribution in [0.2, 0.25) is 0 Å². The highest BCUT2D eigenvalue weighted by molar-refractivity contribution is 7.90. The van der Waals surface area contributed by atoms with Crippen LogP contribution in [0, 0.1) is 0 Å². The van der Waals surface area contributed by atoms with Crippen LogP contribution in [0.15, 0.2) is 89.8 Å². The van der Waals surface area contributed by atoms with Crippen LogP contribution in [-0.4, -0.2) is 25.6 Å². The highest BCUT2D eigenvalue weighted by Gasteiger charge is 2.15. The van der Waals surface area contributed by atoms with Gasteiger partial charge in [0.15, 0.2) is 9.84 Å². The zero-order chi connectivity index (χ0) is 20.4. The summed E-state index contributed by atoms with van der Waals surface area (Å²) in [7, 11) is -3.36. The third-order valence-corrected chi connectivity index (χ3v) is 5.66. The molecule has 0 spiro atoms. The number of amides is 1. The summed E-state index contributed by atoms with van der Waals surface area (Å²) in [4.78, 5) is 17.9. The van der Waals surface area contributed by atoms with Gasteiger partial charge in [0.05, 0.1) is 21.7 Å². The van der Waals surface area contributed by atoms with Crippen molar-refractivity contribution in [2.45, 2.75) is 4.90 Å². The molecule has 144 valence electrons. The second-order valence-corrected chi connectivity index (χ2v) is 8.71. The number of hydrogen-bond donors (Lipinski definition) is 1. The number of sulfone groups is 1. The lowest BCUT2D eigenvalue weighted by molar-refractivity contribution is 0.102. The molecule has 0 fully saturated rings. The number of hydrogen-bond acceptors (Lipinski definition) is 4. The maximum atomic E-state index is 13.1. The SMILES string of the molecule is CS(=O)(=O)c1cccc(NC(=O)c2cc(-c3ccccc3)nc3ccccc23)c1. The number of nitrogens with zero attached hydrogens (tertiary/aromatic N) is 1. The molecule has 0 saturated carbocycles. The second-order valence-electron chi connectivity index (χ2n) is 6.69. The largest absolute Gasteiger partial charge is 0.322 e. The molecular formula is C23H18N2O3S. The van der Waals surface area contributed by atoms with Crippen LogP contribution in [0.25, 0.3) is 22.2 Å². The van der Waals surface area contributed by atoms with E-state index in [1.807, 2.05) is 54.6 Å². The monoisotopic (exact) mass is 402 g/mol. The van der Waals surface area contributed by atoms with Crippen LogP contribution in [-0.2, 0) is 9.84 Å². The first-order valence-electron chi connectivity index (χ1n) is 8.98. The molecule has 4 rings (SSSR count). The summed E-state index contributed by atoms with van der Waals surface area (Å²) >= 11 is 0. The summed E-state index contributed by atoms with van der Waals surface area (Å²) < 4.78 is 23.6. The molecule has 6 heteroatoms. The Morgan fingerprint density at radius 3 is 2.34 bits per heavy atom. The Bertz CT molecular complexity index is 1320. The number of para-hydroxylation sites is 1. The number of nitrogens with one attached hydrogen (secondary N) is 1. The van der Waals surface area contributed by atoms with Crippen molar-refractivity contribution in [2.24, 2.45) is 0 Å². The molecule has 1 N–H and O–H groups in total. The zero-order valence-corrected chi connectivity index (χ0v) is 16.5. The molecule has 5 nitrogen and oxygen atoms in total. The van der Waals surface area contributed by atoms with Gasteiger partial charge in [-0.25, -0.2) is 13.4 Å². The van der Waals surface area contributed by atoms with Gasteiger partial charge in [-0.2, -0.15) is 0 Å². The Kier molecular flexibility index (Phi) is 4.86. The van der Waals surface area contributed by atoms with Crippen LogP contribution in [0.4, 0.5) is 5.69 Å². The van der Waals surface area contributed by atoms with Crippen LogP contribution in [0.1, 0.15) is 10.4 Å². The third kappa shape index (κ3) is 4.02. The molecule has 4 aromatic rings. The summed E-state index contributed by atoms with van der Waals surface area (Å²) in [6, 6.07) is 25.1. The minimum Gasteiger partial charge on any atom is -0.322 e. The molecule has 0 atom stereocenters. The van der Waals surface area contributed by atoms with Gasteiger partial charge in [0.1, 0.15) is 0 Å². The Morgan fingerprint density at radius 1 is 0.862 bits per heavy atom. The molecular weight excluding hydrogens is 384 g/mol. The fraction of sp³-hybridized carbons (Fsp3) is 0.0435. The van der Waals surface area contributed by atoms with E-state index in [9.17, 15) is 13.2 Å².